The normalized spacial score (nSPS) is 17.8. The minimum Gasteiger partial charge on any atom is -0.385 e. The average Bonchev–Trinajstić information content (AvgIpc) is 2.51. The summed E-state index contributed by atoms with van der Waals surface area (Å²) in [7, 11) is 0. The highest BCUT2D eigenvalue weighted by molar-refractivity contribution is 5.47. The Kier molecular flexibility index (Phi) is 3.73. The Morgan fingerprint density at radius 3 is 2.24 bits per heavy atom. The number of anilines is 1. The van der Waals surface area contributed by atoms with Gasteiger partial charge in [0.25, 0.3) is 0 Å². The number of piperidine rings is 1. The van der Waals surface area contributed by atoms with Gasteiger partial charge in [0, 0.05) is 18.8 Å². The Hall–Kier alpha value is -1.80. The fourth-order valence-corrected chi connectivity index (χ4v) is 3.30. The van der Waals surface area contributed by atoms with Crippen molar-refractivity contribution in [1.29, 1.82) is 0 Å². The van der Waals surface area contributed by atoms with Crippen molar-refractivity contribution in [2.45, 2.75) is 32.3 Å². The van der Waals surface area contributed by atoms with Gasteiger partial charge in [-0.25, -0.2) is 0 Å². The number of para-hydroxylation sites is 1. The molecule has 2 aromatic rings. The molecule has 0 unspecified atom stereocenters. The third-order valence-corrected chi connectivity index (χ3v) is 4.82. The van der Waals surface area contributed by atoms with Crippen molar-refractivity contribution >= 4 is 5.69 Å². The average molecular weight is 281 g/mol. The second-order valence-corrected chi connectivity index (χ2v) is 6.10. The van der Waals surface area contributed by atoms with Crippen LogP contribution in [-0.2, 0) is 5.60 Å². The van der Waals surface area contributed by atoms with Crippen LogP contribution in [0.15, 0.2) is 48.5 Å². The zero-order chi connectivity index (χ0) is 14.9. The lowest BCUT2D eigenvalue weighted by Gasteiger charge is -2.40. The van der Waals surface area contributed by atoms with Crippen molar-refractivity contribution < 1.29 is 5.11 Å². The molecule has 110 valence electrons. The van der Waals surface area contributed by atoms with Crippen molar-refractivity contribution in [1.82, 2.24) is 0 Å². The van der Waals surface area contributed by atoms with E-state index in [1.807, 2.05) is 6.07 Å². The van der Waals surface area contributed by atoms with E-state index in [2.05, 4.69) is 61.2 Å². The first kappa shape index (κ1) is 14.2. The minimum atomic E-state index is -0.679. The van der Waals surface area contributed by atoms with Gasteiger partial charge < -0.3 is 10.0 Å². The summed E-state index contributed by atoms with van der Waals surface area (Å²) >= 11 is 0. The molecule has 3 rings (SSSR count). The minimum absolute atomic E-state index is 0.679. The molecule has 2 aromatic carbocycles. The molecule has 2 nitrogen and oxygen atoms in total. The molecule has 0 amide bonds. The molecule has 0 spiro atoms. The van der Waals surface area contributed by atoms with Crippen LogP contribution in [0.5, 0.6) is 0 Å². The third-order valence-electron chi connectivity index (χ3n) is 4.82. The molecular formula is C19H23NO. The third kappa shape index (κ3) is 2.68. The highest BCUT2D eigenvalue weighted by atomic mass is 16.3. The van der Waals surface area contributed by atoms with Crippen molar-refractivity contribution in [3.8, 4) is 0 Å². The summed E-state index contributed by atoms with van der Waals surface area (Å²) in [5, 5.41) is 11.1. The van der Waals surface area contributed by atoms with Gasteiger partial charge in [0.15, 0.2) is 0 Å². The summed E-state index contributed by atoms with van der Waals surface area (Å²) in [6, 6.07) is 16.7. The zero-order valence-corrected chi connectivity index (χ0v) is 12.8. The van der Waals surface area contributed by atoms with Crippen LogP contribution in [-0.4, -0.2) is 18.2 Å². The van der Waals surface area contributed by atoms with E-state index in [9.17, 15) is 5.11 Å². The Labute approximate surface area is 127 Å². The van der Waals surface area contributed by atoms with Crippen LogP contribution < -0.4 is 4.90 Å². The van der Waals surface area contributed by atoms with Crippen molar-refractivity contribution in [3.05, 3.63) is 65.2 Å². The van der Waals surface area contributed by atoms with Crippen LogP contribution in [0.2, 0.25) is 0 Å². The van der Waals surface area contributed by atoms with Crippen LogP contribution in [0.25, 0.3) is 0 Å². The van der Waals surface area contributed by atoms with E-state index in [0.717, 1.165) is 31.5 Å². The van der Waals surface area contributed by atoms with Gasteiger partial charge in [-0.15, -0.1) is 0 Å². The highest BCUT2D eigenvalue weighted by Gasteiger charge is 2.35. The summed E-state index contributed by atoms with van der Waals surface area (Å²) in [5.74, 6) is 0. The molecule has 0 radical (unpaired) electrons. The molecule has 0 atom stereocenters. The summed E-state index contributed by atoms with van der Waals surface area (Å²) < 4.78 is 0. The Balaban J connectivity index is 1.79. The number of benzene rings is 2. The van der Waals surface area contributed by atoms with Crippen LogP contribution in [0.4, 0.5) is 5.69 Å². The standard InChI is InChI=1S/C19H23NO/c1-15-7-6-10-18(16(15)2)19(21)11-13-20(14-12-19)17-8-4-3-5-9-17/h3-10,21H,11-14H2,1-2H3. The summed E-state index contributed by atoms with van der Waals surface area (Å²) in [6.45, 7) is 6.02. The number of nitrogens with zero attached hydrogens (tertiary/aromatic N) is 1. The Bertz CT molecular complexity index is 613. The van der Waals surface area contributed by atoms with Gasteiger partial charge in [-0.2, -0.15) is 0 Å². The van der Waals surface area contributed by atoms with Crippen molar-refractivity contribution in [2.75, 3.05) is 18.0 Å². The number of hydrogen-bond donors (Lipinski definition) is 1. The van der Waals surface area contributed by atoms with E-state index in [1.165, 1.54) is 16.8 Å². The van der Waals surface area contributed by atoms with Gasteiger partial charge in [-0.1, -0.05) is 36.4 Å². The lowest BCUT2D eigenvalue weighted by Crippen LogP contribution is -2.43. The van der Waals surface area contributed by atoms with Gasteiger partial charge in [-0.3, -0.25) is 0 Å². The molecule has 1 fully saturated rings. The quantitative estimate of drug-likeness (QED) is 0.905. The molecule has 2 heteroatoms. The van der Waals surface area contributed by atoms with E-state index < -0.39 is 5.60 Å². The van der Waals surface area contributed by atoms with Gasteiger partial charge in [-0.05, 0) is 55.5 Å². The predicted octanol–water partition coefficient (Wildman–Crippen LogP) is 3.79. The lowest BCUT2D eigenvalue weighted by atomic mass is 9.81. The number of aryl methyl sites for hydroxylation is 1. The summed E-state index contributed by atoms with van der Waals surface area (Å²) in [4.78, 5) is 2.36. The maximum Gasteiger partial charge on any atom is 0.0932 e. The van der Waals surface area contributed by atoms with Gasteiger partial charge in [0.2, 0.25) is 0 Å². The van der Waals surface area contributed by atoms with E-state index in [-0.39, 0.29) is 0 Å². The zero-order valence-electron chi connectivity index (χ0n) is 12.8. The first-order chi connectivity index (χ1) is 10.1. The van der Waals surface area contributed by atoms with Gasteiger partial charge in [0.05, 0.1) is 5.60 Å². The van der Waals surface area contributed by atoms with E-state index in [4.69, 9.17) is 0 Å². The number of aliphatic hydroxyl groups is 1. The first-order valence-corrected chi connectivity index (χ1v) is 7.69. The van der Waals surface area contributed by atoms with Crippen molar-refractivity contribution in [3.63, 3.8) is 0 Å². The Morgan fingerprint density at radius 2 is 1.57 bits per heavy atom. The number of rotatable bonds is 2. The molecule has 0 bridgehead atoms. The van der Waals surface area contributed by atoms with Crippen LogP contribution in [0.3, 0.4) is 0 Å². The fraction of sp³-hybridized carbons (Fsp3) is 0.368. The van der Waals surface area contributed by atoms with Crippen LogP contribution in [0, 0.1) is 13.8 Å². The lowest BCUT2D eigenvalue weighted by molar-refractivity contribution is 0.0111. The highest BCUT2D eigenvalue weighted by Crippen LogP contribution is 2.36. The molecule has 1 aliphatic rings. The first-order valence-electron chi connectivity index (χ1n) is 7.69. The molecule has 0 aromatic heterocycles. The van der Waals surface area contributed by atoms with Crippen LogP contribution >= 0.6 is 0 Å². The van der Waals surface area contributed by atoms with E-state index in [1.54, 1.807) is 0 Å². The van der Waals surface area contributed by atoms with Crippen LogP contribution in [0.1, 0.15) is 29.5 Å². The second kappa shape index (κ2) is 5.53. The monoisotopic (exact) mass is 281 g/mol. The molecule has 0 aliphatic carbocycles. The number of hydrogen-bond acceptors (Lipinski definition) is 2. The molecule has 1 saturated heterocycles. The summed E-state index contributed by atoms with van der Waals surface area (Å²) in [6.07, 6.45) is 1.57. The smallest absolute Gasteiger partial charge is 0.0932 e. The molecular weight excluding hydrogens is 258 g/mol. The SMILES string of the molecule is Cc1cccc(C2(O)CCN(c3ccccc3)CC2)c1C. The largest absolute Gasteiger partial charge is 0.385 e. The topological polar surface area (TPSA) is 23.5 Å². The van der Waals surface area contributed by atoms with E-state index >= 15 is 0 Å². The molecule has 1 N–H and O–H groups in total. The molecule has 21 heavy (non-hydrogen) atoms. The Morgan fingerprint density at radius 1 is 0.905 bits per heavy atom. The second-order valence-electron chi connectivity index (χ2n) is 6.10. The molecule has 1 heterocycles. The maximum absolute atomic E-state index is 11.1. The van der Waals surface area contributed by atoms with Gasteiger partial charge in [0.1, 0.15) is 0 Å². The predicted molar refractivity (Wildman–Crippen MR) is 87.7 cm³/mol. The maximum atomic E-state index is 11.1. The van der Waals surface area contributed by atoms with Gasteiger partial charge >= 0.3 is 0 Å². The fourth-order valence-electron chi connectivity index (χ4n) is 3.30. The van der Waals surface area contributed by atoms with E-state index in [0.29, 0.717) is 0 Å². The van der Waals surface area contributed by atoms with Crippen molar-refractivity contribution in [2.24, 2.45) is 0 Å². The molecule has 1 aliphatic heterocycles. The molecule has 0 saturated carbocycles. The summed E-state index contributed by atoms with van der Waals surface area (Å²) in [5.41, 5.74) is 4.16.